The zero-order valence-corrected chi connectivity index (χ0v) is 5.99. The Bertz CT molecular complexity index is 60.9. The molecule has 4 heteroatoms. The van der Waals surface area contributed by atoms with Crippen LogP contribution in [0.3, 0.4) is 0 Å². The van der Waals surface area contributed by atoms with Crippen molar-refractivity contribution in [3.05, 3.63) is 0 Å². The van der Waals surface area contributed by atoms with E-state index < -0.39 is 0 Å². The summed E-state index contributed by atoms with van der Waals surface area (Å²) in [5.74, 6) is 0. The summed E-state index contributed by atoms with van der Waals surface area (Å²) < 4.78 is 14.2. The largest absolute Gasteiger partial charge is 0.327 e. The van der Waals surface area contributed by atoms with E-state index in [1.165, 1.54) is 6.42 Å². The Morgan fingerprint density at radius 1 is 1.44 bits per heavy atom. The molecule has 0 aliphatic rings. The first-order chi connectivity index (χ1) is 3.91. The first-order valence-corrected chi connectivity index (χ1v) is 3.59. The van der Waals surface area contributed by atoms with Crippen molar-refractivity contribution in [1.29, 1.82) is 0 Å². The highest BCUT2D eigenvalue weighted by Gasteiger charge is 1.83. The zero-order valence-electron chi connectivity index (χ0n) is 5.09. The lowest BCUT2D eigenvalue weighted by Crippen LogP contribution is -1.81. The number of hydrogen-bond donors (Lipinski definition) is 0. The van der Waals surface area contributed by atoms with Crippen molar-refractivity contribution < 1.29 is 9.09 Å². The number of hydrogen-bond acceptors (Lipinski definition) is 2. The van der Waals surface area contributed by atoms with Crippen LogP contribution in [0.15, 0.2) is 0 Å². The Labute approximate surface area is 68.4 Å². The molecule has 0 bridgehead atoms. The van der Waals surface area contributed by atoms with Gasteiger partial charge in [-0.05, 0) is 6.42 Å². The summed E-state index contributed by atoms with van der Waals surface area (Å²) in [5.41, 5.74) is 0. The summed E-state index contributed by atoms with van der Waals surface area (Å²) in [5, 5.41) is 0. The molecule has 0 amide bonds. The molecule has 0 unspecified atom stereocenters. The molecule has 0 saturated heterocycles. The molecule has 9 heavy (non-hydrogen) atoms. The Hall–Kier alpha value is 0.592. The third-order valence-electron chi connectivity index (χ3n) is 0.892. The maximum atomic E-state index is 9.64. The maximum absolute atomic E-state index is 9.64. The third-order valence-corrected chi connectivity index (χ3v) is 1.18. The summed E-state index contributed by atoms with van der Waals surface area (Å²) in [6.45, 7) is 2.74. The van der Waals surface area contributed by atoms with Crippen molar-refractivity contribution >= 4 is 26.0 Å². The van der Waals surface area contributed by atoms with Gasteiger partial charge < -0.3 is 0 Å². The van der Waals surface area contributed by atoms with Crippen LogP contribution in [0, 0.1) is 0 Å². The molecular weight excluding hydrogens is 150 g/mol. The lowest BCUT2D eigenvalue weighted by atomic mass is 10.3. The normalized spacial score (nSPS) is 9.00. The van der Waals surface area contributed by atoms with Crippen molar-refractivity contribution in [2.75, 3.05) is 6.61 Å². The number of rotatable bonds is 5. The average Bonchev–Trinajstić information content (AvgIpc) is 1.81. The SMILES string of the molecule is CCCCCOP=O.[AlH3]. The molecule has 0 radical (unpaired) electrons. The molecule has 0 N–H and O–H groups in total. The lowest BCUT2D eigenvalue weighted by Gasteiger charge is -1.90. The molecule has 0 saturated carbocycles. The standard InChI is InChI=1S/C5H11O2P.Al.3H/c1-2-3-4-5-7-8-6;;;;/h2-5H2,1H3;;;;. The van der Waals surface area contributed by atoms with Gasteiger partial charge in [0, 0.05) is 0 Å². The van der Waals surface area contributed by atoms with Gasteiger partial charge in [-0.2, -0.15) is 0 Å². The van der Waals surface area contributed by atoms with Crippen LogP contribution in [0.2, 0.25) is 0 Å². The predicted molar refractivity (Wildman–Crippen MR) is 43.0 cm³/mol. The van der Waals surface area contributed by atoms with Gasteiger partial charge in [0.25, 0.3) is 0 Å². The van der Waals surface area contributed by atoms with Crippen LogP contribution in [0.1, 0.15) is 26.2 Å². The molecule has 0 atom stereocenters. The van der Waals surface area contributed by atoms with E-state index in [0.717, 1.165) is 12.8 Å². The highest BCUT2D eigenvalue weighted by atomic mass is 31.1. The van der Waals surface area contributed by atoms with E-state index in [0.29, 0.717) is 6.61 Å². The topological polar surface area (TPSA) is 26.3 Å². The van der Waals surface area contributed by atoms with Gasteiger partial charge in [-0.25, -0.2) is 4.57 Å². The number of unbranched alkanes of at least 4 members (excludes halogenated alkanes) is 2. The second kappa shape index (κ2) is 11.4. The van der Waals surface area contributed by atoms with Crippen molar-refractivity contribution in [2.45, 2.75) is 26.2 Å². The Morgan fingerprint density at radius 2 is 2.11 bits per heavy atom. The second-order valence-corrected chi connectivity index (χ2v) is 2.02. The van der Waals surface area contributed by atoms with E-state index in [-0.39, 0.29) is 26.0 Å². The smallest absolute Gasteiger partial charge is 0.294 e. The highest BCUT2D eigenvalue weighted by Crippen LogP contribution is 1.99. The van der Waals surface area contributed by atoms with Crippen molar-refractivity contribution in [3.8, 4) is 0 Å². The molecule has 54 valence electrons. The molecule has 0 aromatic heterocycles. The Kier molecular flexibility index (Phi) is 15.6. The van der Waals surface area contributed by atoms with Gasteiger partial charge in [0.1, 0.15) is 0 Å². The molecule has 0 aromatic rings. The van der Waals surface area contributed by atoms with Crippen LogP contribution >= 0.6 is 8.69 Å². The fourth-order valence-electron chi connectivity index (χ4n) is 0.454. The van der Waals surface area contributed by atoms with Gasteiger partial charge in [0.15, 0.2) is 17.4 Å². The van der Waals surface area contributed by atoms with E-state index in [1.807, 2.05) is 0 Å². The van der Waals surface area contributed by atoms with Gasteiger partial charge in [0.05, 0.1) is 6.61 Å². The van der Waals surface area contributed by atoms with Crippen LogP contribution in [0.5, 0.6) is 0 Å². The van der Waals surface area contributed by atoms with E-state index in [4.69, 9.17) is 0 Å². The van der Waals surface area contributed by atoms with E-state index >= 15 is 0 Å². The fourth-order valence-corrected chi connectivity index (χ4v) is 0.658. The predicted octanol–water partition coefficient (Wildman–Crippen LogP) is 1.22. The maximum Gasteiger partial charge on any atom is 0.327 e. The van der Waals surface area contributed by atoms with Crippen molar-refractivity contribution in [1.82, 2.24) is 0 Å². The van der Waals surface area contributed by atoms with E-state index in [2.05, 4.69) is 11.4 Å². The minimum atomic E-state index is -0.189. The first-order valence-electron chi connectivity index (χ1n) is 2.86. The zero-order chi connectivity index (χ0) is 6.24. The summed E-state index contributed by atoms with van der Waals surface area (Å²) in [4.78, 5) is 0. The van der Waals surface area contributed by atoms with Crippen molar-refractivity contribution in [3.63, 3.8) is 0 Å². The van der Waals surface area contributed by atoms with Gasteiger partial charge in [-0.1, -0.05) is 19.8 Å². The molecule has 0 rings (SSSR count). The van der Waals surface area contributed by atoms with Crippen LogP contribution < -0.4 is 0 Å². The van der Waals surface area contributed by atoms with Crippen molar-refractivity contribution in [2.24, 2.45) is 0 Å². The van der Waals surface area contributed by atoms with Gasteiger partial charge in [-0.3, -0.25) is 4.52 Å². The summed E-state index contributed by atoms with van der Waals surface area (Å²) in [6.07, 6.45) is 3.36. The molecule has 0 heterocycles. The molecule has 0 aliphatic heterocycles. The van der Waals surface area contributed by atoms with Crippen LogP contribution in [0.25, 0.3) is 0 Å². The molecule has 0 fully saturated rings. The summed E-state index contributed by atoms with van der Waals surface area (Å²) in [6, 6.07) is 0. The Balaban J connectivity index is 0. The van der Waals surface area contributed by atoms with Gasteiger partial charge in [-0.15, -0.1) is 0 Å². The average molecular weight is 164 g/mol. The molecular formula is C5H14AlO2P. The minimum absolute atomic E-state index is 0. The van der Waals surface area contributed by atoms with Gasteiger partial charge in [0.2, 0.25) is 0 Å². The summed E-state index contributed by atoms with van der Waals surface area (Å²) in [7, 11) is -0.189. The minimum Gasteiger partial charge on any atom is -0.294 e. The second-order valence-electron chi connectivity index (χ2n) is 1.61. The fraction of sp³-hybridized carbons (Fsp3) is 1.00. The Morgan fingerprint density at radius 3 is 2.56 bits per heavy atom. The molecule has 0 aliphatic carbocycles. The molecule has 0 aromatic carbocycles. The van der Waals surface area contributed by atoms with Crippen LogP contribution in [0.4, 0.5) is 0 Å². The lowest BCUT2D eigenvalue weighted by molar-refractivity contribution is 0.330. The molecule has 2 nitrogen and oxygen atoms in total. The third kappa shape index (κ3) is 11.9. The monoisotopic (exact) mass is 164 g/mol. The van der Waals surface area contributed by atoms with Crippen LogP contribution in [-0.2, 0) is 9.09 Å². The summed E-state index contributed by atoms with van der Waals surface area (Å²) >= 11 is 0. The first kappa shape index (κ1) is 12.3. The molecule has 0 spiro atoms. The highest BCUT2D eigenvalue weighted by molar-refractivity contribution is 7.17. The van der Waals surface area contributed by atoms with Crippen LogP contribution in [-0.4, -0.2) is 24.0 Å². The van der Waals surface area contributed by atoms with E-state index in [9.17, 15) is 4.57 Å². The van der Waals surface area contributed by atoms with E-state index in [1.54, 1.807) is 0 Å². The quantitative estimate of drug-likeness (QED) is 0.347. The van der Waals surface area contributed by atoms with Gasteiger partial charge >= 0.3 is 8.69 Å².